The topological polar surface area (TPSA) is 82.9 Å². The Morgan fingerprint density at radius 2 is 1.94 bits per heavy atom. The number of imide groups is 1. The molecule has 2 unspecified atom stereocenters. The molecule has 4 rings (SSSR count). The number of halogens is 1. The lowest BCUT2D eigenvalue weighted by Gasteiger charge is -2.46. The van der Waals surface area contributed by atoms with Crippen molar-refractivity contribution >= 4 is 17.8 Å². The van der Waals surface area contributed by atoms with Crippen LogP contribution in [0.1, 0.15) is 43.4 Å². The summed E-state index contributed by atoms with van der Waals surface area (Å²) in [5.74, 6) is -0.547. The van der Waals surface area contributed by atoms with Crippen LogP contribution in [0.3, 0.4) is 0 Å². The SMILES string of the molecule is O=C(CCN1C(=O)C2CCCCC2N(Cc2ccccc2F)C1=O)NCc1ccco1. The fourth-order valence-corrected chi connectivity index (χ4v) is 4.47. The van der Waals surface area contributed by atoms with E-state index in [4.69, 9.17) is 4.42 Å². The number of carbonyl (C=O) groups is 3. The van der Waals surface area contributed by atoms with Crippen LogP contribution in [0.2, 0.25) is 0 Å². The molecule has 1 N–H and O–H groups in total. The first-order chi connectivity index (χ1) is 15.0. The zero-order valence-corrected chi connectivity index (χ0v) is 17.3. The molecule has 2 aromatic rings. The highest BCUT2D eigenvalue weighted by molar-refractivity contribution is 5.99. The van der Waals surface area contributed by atoms with Crippen molar-refractivity contribution in [1.29, 1.82) is 0 Å². The van der Waals surface area contributed by atoms with E-state index in [2.05, 4.69) is 5.32 Å². The number of nitrogens with zero attached hydrogens (tertiary/aromatic N) is 2. The Hall–Kier alpha value is -3.16. The third-order valence-corrected chi connectivity index (χ3v) is 6.09. The third kappa shape index (κ3) is 4.62. The van der Waals surface area contributed by atoms with E-state index >= 15 is 0 Å². The molecule has 1 aliphatic heterocycles. The lowest BCUT2D eigenvalue weighted by atomic mass is 9.81. The van der Waals surface area contributed by atoms with Crippen molar-refractivity contribution in [3.63, 3.8) is 0 Å². The Balaban J connectivity index is 1.45. The number of urea groups is 1. The minimum atomic E-state index is -0.449. The number of fused-ring (bicyclic) bond motifs is 1. The Kier molecular flexibility index (Phi) is 6.34. The van der Waals surface area contributed by atoms with Gasteiger partial charge in [0, 0.05) is 24.6 Å². The molecular formula is C23H26FN3O4. The Bertz CT molecular complexity index is 946. The molecule has 2 fully saturated rings. The Morgan fingerprint density at radius 1 is 1.13 bits per heavy atom. The molecular weight excluding hydrogens is 401 g/mol. The summed E-state index contributed by atoms with van der Waals surface area (Å²) in [7, 11) is 0. The van der Waals surface area contributed by atoms with E-state index in [0.717, 1.165) is 19.3 Å². The number of amides is 4. The highest BCUT2D eigenvalue weighted by atomic mass is 19.1. The monoisotopic (exact) mass is 427 g/mol. The van der Waals surface area contributed by atoms with E-state index in [9.17, 15) is 18.8 Å². The highest BCUT2D eigenvalue weighted by Crippen LogP contribution is 2.35. The molecule has 1 saturated carbocycles. The quantitative estimate of drug-likeness (QED) is 0.734. The Morgan fingerprint density at radius 3 is 2.71 bits per heavy atom. The molecule has 1 aromatic heterocycles. The molecule has 0 spiro atoms. The van der Waals surface area contributed by atoms with Crippen molar-refractivity contribution in [2.75, 3.05) is 6.54 Å². The van der Waals surface area contributed by atoms with Crippen LogP contribution >= 0.6 is 0 Å². The first kappa shape index (κ1) is 21.1. The zero-order valence-electron chi connectivity index (χ0n) is 17.3. The first-order valence-electron chi connectivity index (χ1n) is 10.7. The summed E-state index contributed by atoms with van der Waals surface area (Å²) in [6.07, 6.45) is 4.82. The van der Waals surface area contributed by atoms with Gasteiger partial charge in [0.15, 0.2) is 0 Å². The van der Waals surface area contributed by atoms with Crippen LogP contribution in [0.5, 0.6) is 0 Å². The van der Waals surface area contributed by atoms with Crippen LogP contribution in [-0.4, -0.2) is 40.2 Å². The lowest BCUT2D eigenvalue weighted by Crippen LogP contribution is -2.62. The summed E-state index contributed by atoms with van der Waals surface area (Å²) in [6, 6.07) is 9.18. The molecule has 0 bridgehead atoms. The number of hydrogen-bond donors (Lipinski definition) is 1. The van der Waals surface area contributed by atoms with E-state index in [0.29, 0.717) is 17.7 Å². The zero-order chi connectivity index (χ0) is 21.8. The maximum absolute atomic E-state index is 14.2. The minimum absolute atomic E-state index is 0.00134. The maximum atomic E-state index is 14.2. The summed E-state index contributed by atoms with van der Waals surface area (Å²) in [5.41, 5.74) is 0.422. The van der Waals surface area contributed by atoms with Gasteiger partial charge in [-0.2, -0.15) is 0 Å². The lowest BCUT2D eigenvalue weighted by molar-refractivity contribution is -0.141. The molecule has 1 aromatic carbocycles. The van der Waals surface area contributed by atoms with E-state index < -0.39 is 6.03 Å². The number of benzene rings is 1. The van der Waals surface area contributed by atoms with Gasteiger partial charge in [-0.15, -0.1) is 0 Å². The normalized spacial score (nSPS) is 21.2. The van der Waals surface area contributed by atoms with Gasteiger partial charge in [0.25, 0.3) is 0 Å². The molecule has 2 heterocycles. The number of nitrogens with one attached hydrogen (secondary N) is 1. The van der Waals surface area contributed by atoms with E-state index in [1.54, 1.807) is 35.2 Å². The number of hydrogen-bond acceptors (Lipinski definition) is 4. The molecule has 1 aliphatic carbocycles. The molecule has 1 saturated heterocycles. The molecule has 2 aliphatic rings. The molecule has 8 heteroatoms. The van der Waals surface area contributed by atoms with Crippen molar-refractivity contribution in [1.82, 2.24) is 15.1 Å². The molecule has 0 radical (unpaired) electrons. The van der Waals surface area contributed by atoms with E-state index in [-0.39, 0.29) is 55.6 Å². The van der Waals surface area contributed by atoms with Gasteiger partial charge < -0.3 is 14.6 Å². The van der Waals surface area contributed by atoms with Gasteiger partial charge in [-0.05, 0) is 31.0 Å². The minimum Gasteiger partial charge on any atom is -0.467 e. The number of carbonyl (C=O) groups excluding carboxylic acids is 3. The predicted octanol–water partition coefficient (Wildman–Crippen LogP) is 3.45. The number of furan rings is 1. The van der Waals surface area contributed by atoms with Crippen molar-refractivity contribution in [2.24, 2.45) is 5.92 Å². The summed E-state index contributed by atoms with van der Waals surface area (Å²) >= 11 is 0. The van der Waals surface area contributed by atoms with Crippen molar-refractivity contribution < 1.29 is 23.2 Å². The van der Waals surface area contributed by atoms with Gasteiger partial charge in [-0.25, -0.2) is 9.18 Å². The van der Waals surface area contributed by atoms with Crippen LogP contribution in [0.15, 0.2) is 47.1 Å². The van der Waals surface area contributed by atoms with E-state index in [1.807, 2.05) is 0 Å². The average Bonchev–Trinajstić information content (AvgIpc) is 3.30. The second-order valence-electron chi connectivity index (χ2n) is 8.06. The molecule has 4 amide bonds. The Labute approximate surface area is 180 Å². The molecule has 7 nitrogen and oxygen atoms in total. The van der Waals surface area contributed by atoms with Crippen LogP contribution in [0, 0.1) is 11.7 Å². The van der Waals surface area contributed by atoms with Gasteiger partial charge in [-0.3, -0.25) is 14.5 Å². The summed E-state index contributed by atoms with van der Waals surface area (Å²) in [4.78, 5) is 41.3. The van der Waals surface area contributed by atoms with Gasteiger partial charge in [0.1, 0.15) is 11.6 Å². The third-order valence-electron chi connectivity index (χ3n) is 6.09. The van der Waals surface area contributed by atoms with Crippen LogP contribution in [0.4, 0.5) is 9.18 Å². The predicted molar refractivity (Wildman–Crippen MR) is 110 cm³/mol. The first-order valence-corrected chi connectivity index (χ1v) is 10.7. The standard InChI is InChI=1S/C23H26FN3O4/c24-19-9-3-1-6-16(19)15-27-20-10-4-2-8-18(20)22(29)26(23(27)30)12-11-21(28)25-14-17-7-5-13-31-17/h1,3,5-7,9,13,18,20H,2,4,8,10-12,14-15H2,(H,25,28). The van der Waals surface area contributed by atoms with Crippen LogP contribution in [0.25, 0.3) is 0 Å². The average molecular weight is 427 g/mol. The van der Waals surface area contributed by atoms with E-state index in [1.165, 1.54) is 17.2 Å². The second kappa shape index (κ2) is 9.32. The largest absolute Gasteiger partial charge is 0.467 e. The summed E-state index contributed by atoms with van der Waals surface area (Å²) in [5, 5.41) is 2.72. The van der Waals surface area contributed by atoms with Crippen molar-refractivity contribution in [3.8, 4) is 0 Å². The van der Waals surface area contributed by atoms with Crippen LogP contribution in [-0.2, 0) is 22.7 Å². The fourth-order valence-electron chi connectivity index (χ4n) is 4.47. The van der Waals surface area contributed by atoms with Gasteiger partial charge >= 0.3 is 6.03 Å². The van der Waals surface area contributed by atoms with Crippen molar-refractivity contribution in [3.05, 3.63) is 59.8 Å². The summed E-state index contributed by atoms with van der Waals surface area (Å²) < 4.78 is 19.4. The van der Waals surface area contributed by atoms with Crippen molar-refractivity contribution in [2.45, 2.75) is 51.2 Å². The van der Waals surface area contributed by atoms with Gasteiger partial charge in [0.05, 0.1) is 25.3 Å². The molecule has 164 valence electrons. The highest BCUT2D eigenvalue weighted by Gasteiger charge is 2.46. The maximum Gasteiger partial charge on any atom is 0.327 e. The van der Waals surface area contributed by atoms with Gasteiger partial charge in [0.2, 0.25) is 11.8 Å². The number of rotatable bonds is 7. The van der Waals surface area contributed by atoms with Gasteiger partial charge in [-0.1, -0.05) is 31.0 Å². The molecule has 31 heavy (non-hydrogen) atoms. The second-order valence-corrected chi connectivity index (χ2v) is 8.06. The fraction of sp³-hybridized carbons (Fsp3) is 0.435. The van der Waals surface area contributed by atoms with Crippen LogP contribution < -0.4 is 5.32 Å². The smallest absolute Gasteiger partial charge is 0.327 e. The summed E-state index contributed by atoms with van der Waals surface area (Å²) in [6.45, 7) is 0.359. The molecule has 2 atom stereocenters.